The summed E-state index contributed by atoms with van der Waals surface area (Å²) in [5.41, 5.74) is 2.96. The average molecular weight is 447 g/mol. The van der Waals surface area contributed by atoms with Gasteiger partial charge in [-0.2, -0.15) is 4.39 Å². The Hall–Kier alpha value is -2.35. The summed E-state index contributed by atoms with van der Waals surface area (Å²) in [6.07, 6.45) is 1.25. The predicted octanol–water partition coefficient (Wildman–Crippen LogP) is 5.95. The standard InChI is InChI=1S/C22H21ClF2N4S/c23-17-11-20(30-28-22-8-3-7-21(25)27-22)18(24)12-19(17)26-13-15-5-1-2-6-16(15)14-29-9-4-10-29/h1-3,5-8,11-12,26H,4,9-10,13-14H2,(H,27,28). The number of nitrogens with zero attached hydrogens (tertiary/aromatic N) is 2. The first kappa shape index (κ1) is 20.9. The molecule has 156 valence electrons. The molecule has 0 atom stereocenters. The van der Waals surface area contributed by atoms with Crippen molar-refractivity contribution in [2.75, 3.05) is 23.1 Å². The number of nitrogens with one attached hydrogen (secondary N) is 2. The highest BCUT2D eigenvalue weighted by atomic mass is 35.5. The summed E-state index contributed by atoms with van der Waals surface area (Å²) in [7, 11) is 0. The second kappa shape index (κ2) is 9.64. The molecule has 4 rings (SSSR count). The molecule has 4 nitrogen and oxygen atoms in total. The van der Waals surface area contributed by atoms with Crippen molar-refractivity contribution in [3.05, 3.63) is 82.5 Å². The number of likely N-dealkylation sites (tertiary alicyclic amines) is 1. The molecule has 2 aromatic carbocycles. The summed E-state index contributed by atoms with van der Waals surface area (Å²) in [6.45, 7) is 3.75. The van der Waals surface area contributed by atoms with Gasteiger partial charge in [-0.3, -0.25) is 4.90 Å². The number of anilines is 2. The van der Waals surface area contributed by atoms with E-state index in [9.17, 15) is 8.78 Å². The van der Waals surface area contributed by atoms with Gasteiger partial charge in [-0.1, -0.05) is 41.9 Å². The van der Waals surface area contributed by atoms with E-state index in [0.717, 1.165) is 37.1 Å². The number of hydrogen-bond acceptors (Lipinski definition) is 5. The quantitative estimate of drug-likeness (QED) is 0.330. The highest BCUT2D eigenvalue weighted by molar-refractivity contribution is 8.00. The van der Waals surface area contributed by atoms with E-state index < -0.39 is 11.8 Å². The molecule has 0 saturated carbocycles. The monoisotopic (exact) mass is 446 g/mol. The zero-order chi connectivity index (χ0) is 20.9. The molecule has 1 saturated heterocycles. The van der Waals surface area contributed by atoms with Gasteiger partial charge in [0, 0.05) is 13.1 Å². The minimum absolute atomic E-state index is 0.301. The molecule has 8 heteroatoms. The van der Waals surface area contributed by atoms with Crippen molar-refractivity contribution in [1.29, 1.82) is 0 Å². The average Bonchev–Trinajstić information content (AvgIpc) is 2.71. The Bertz CT molecular complexity index is 1030. The van der Waals surface area contributed by atoms with Gasteiger partial charge < -0.3 is 10.0 Å². The Labute approximate surface area is 183 Å². The van der Waals surface area contributed by atoms with Gasteiger partial charge in [0.15, 0.2) is 0 Å². The number of hydrogen-bond donors (Lipinski definition) is 2. The van der Waals surface area contributed by atoms with Crippen LogP contribution in [0.2, 0.25) is 5.02 Å². The van der Waals surface area contributed by atoms with Gasteiger partial charge in [0.2, 0.25) is 5.95 Å². The van der Waals surface area contributed by atoms with Gasteiger partial charge >= 0.3 is 0 Å². The molecular weight excluding hydrogens is 426 g/mol. The topological polar surface area (TPSA) is 40.2 Å². The molecule has 1 aliphatic rings. The fraction of sp³-hybridized carbons (Fsp3) is 0.227. The second-order valence-electron chi connectivity index (χ2n) is 7.06. The van der Waals surface area contributed by atoms with Crippen LogP contribution in [0.5, 0.6) is 0 Å². The summed E-state index contributed by atoms with van der Waals surface area (Å²) >= 11 is 7.37. The van der Waals surface area contributed by atoms with E-state index in [-0.39, 0.29) is 0 Å². The number of pyridine rings is 1. The molecule has 1 aromatic heterocycles. The minimum Gasteiger partial charge on any atom is -0.380 e. The lowest BCUT2D eigenvalue weighted by molar-refractivity contribution is 0.172. The largest absolute Gasteiger partial charge is 0.380 e. The van der Waals surface area contributed by atoms with Crippen LogP contribution < -0.4 is 10.0 Å². The summed E-state index contributed by atoms with van der Waals surface area (Å²) in [5, 5.41) is 3.66. The molecule has 1 fully saturated rings. The molecule has 3 aromatic rings. The van der Waals surface area contributed by atoms with Crippen LogP contribution in [0.25, 0.3) is 0 Å². The maximum Gasteiger partial charge on any atom is 0.214 e. The highest BCUT2D eigenvalue weighted by Crippen LogP contribution is 2.32. The maximum absolute atomic E-state index is 14.6. The van der Waals surface area contributed by atoms with Crippen LogP contribution in [0, 0.1) is 11.8 Å². The lowest BCUT2D eigenvalue weighted by Gasteiger charge is -2.31. The third-order valence-corrected chi connectivity index (χ3v) is 6.09. The number of benzene rings is 2. The van der Waals surface area contributed by atoms with Crippen LogP contribution in [-0.4, -0.2) is 23.0 Å². The van der Waals surface area contributed by atoms with Crippen molar-refractivity contribution in [2.45, 2.75) is 24.4 Å². The fourth-order valence-electron chi connectivity index (χ4n) is 3.17. The number of aromatic nitrogens is 1. The lowest BCUT2D eigenvalue weighted by atomic mass is 10.1. The van der Waals surface area contributed by atoms with Crippen molar-refractivity contribution in [1.82, 2.24) is 9.88 Å². The van der Waals surface area contributed by atoms with Gasteiger partial charge in [-0.05, 0) is 66.9 Å². The SMILES string of the molecule is Fc1cccc(NSc2cc(Cl)c(NCc3ccccc3CN3CCC3)cc2F)n1. The molecule has 30 heavy (non-hydrogen) atoms. The molecule has 0 unspecified atom stereocenters. The number of rotatable bonds is 8. The maximum atomic E-state index is 14.6. The predicted molar refractivity (Wildman–Crippen MR) is 119 cm³/mol. The van der Waals surface area contributed by atoms with Crippen LogP contribution in [0.3, 0.4) is 0 Å². The smallest absolute Gasteiger partial charge is 0.214 e. The normalized spacial score (nSPS) is 13.7. The molecular formula is C22H21ClF2N4S. The van der Waals surface area contributed by atoms with Gasteiger partial charge in [0.25, 0.3) is 0 Å². The first-order valence-electron chi connectivity index (χ1n) is 9.66. The fourth-order valence-corrected chi connectivity index (χ4v) is 4.13. The van der Waals surface area contributed by atoms with Gasteiger partial charge in [-0.15, -0.1) is 0 Å². The molecule has 2 N–H and O–H groups in total. The third-order valence-electron chi connectivity index (χ3n) is 4.93. The Morgan fingerprint density at radius 3 is 2.57 bits per heavy atom. The van der Waals surface area contributed by atoms with Crippen molar-refractivity contribution >= 4 is 35.1 Å². The van der Waals surface area contributed by atoms with Crippen LogP contribution in [0.1, 0.15) is 17.5 Å². The van der Waals surface area contributed by atoms with Crippen molar-refractivity contribution in [3.8, 4) is 0 Å². The van der Waals surface area contributed by atoms with E-state index in [1.807, 2.05) is 12.1 Å². The Morgan fingerprint density at radius 2 is 1.83 bits per heavy atom. The molecule has 1 aliphatic heterocycles. The molecule has 0 radical (unpaired) electrons. The second-order valence-corrected chi connectivity index (χ2v) is 8.32. The highest BCUT2D eigenvalue weighted by Gasteiger charge is 2.16. The number of halogens is 3. The Kier molecular flexibility index (Phi) is 6.72. The van der Waals surface area contributed by atoms with E-state index in [1.54, 1.807) is 12.1 Å². The van der Waals surface area contributed by atoms with Gasteiger partial charge in [0.05, 0.1) is 15.6 Å². The van der Waals surface area contributed by atoms with Crippen molar-refractivity contribution in [3.63, 3.8) is 0 Å². The van der Waals surface area contributed by atoms with Crippen LogP contribution in [0.4, 0.5) is 20.3 Å². The van der Waals surface area contributed by atoms with Gasteiger partial charge in [0.1, 0.15) is 11.6 Å². The summed E-state index contributed by atoms with van der Waals surface area (Å²) in [4.78, 5) is 6.39. The van der Waals surface area contributed by atoms with Crippen LogP contribution >= 0.6 is 23.5 Å². The van der Waals surface area contributed by atoms with Crippen LogP contribution in [-0.2, 0) is 13.1 Å². The molecule has 0 spiro atoms. The molecule has 0 amide bonds. The summed E-state index contributed by atoms with van der Waals surface area (Å²) in [5.74, 6) is -0.728. The zero-order valence-electron chi connectivity index (χ0n) is 16.2. The van der Waals surface area contributed by atoms with Crippen molar-refractivity contribution < 1.29 is 8.78 Å². The van der Waals surface area contributed by atoms with E-state index in [4.69, 9.17) is 11.6 Å². The first-order valence-corrected chi connectivity index (χ1v) is 10.9. The van der Waals surface area contributed by atoms with Gasteiger partial charge in [-0.25, -0.2) is 9.37 Å². The zero-order valence-corrected chi connectivity index (χ0v) is 17.7. The molecule has 0 aliphatic carbocycles. The third kappa shape index (κ3) is 5.22. The summed E-state index contributed by atoms with van der Waals surface area (Å²) in [6, 6.07) is 15.5. The van der Waals surface area contributed by atoms with Crippen molar-refractivity contribution in [2.24, 2.45) is 0 Å². The Morgan fingerprint density at radius 1 is 1.03 bits per heavy atom. The summed E-state index contributed by atoms with van der Waals surface area (Å²) < 4.78 is 30.6. The Balaban J connectivity index is 1.41. The minimum atomic E-state index is -0.604. The lowest BCUT2D eigenvalue weighted by Crippen LogP contribution is -2.36. The first-order chi connectivity index (χ1) is 14.6. The van der Waals surface area contributed by atoms with E-state index in [2.05, 4.69) is 32.1 Å². The van der Waals surface area contributed by atoms with E-state index in [1.165, 1.54) is 30.2 Å². The molecule has 2 heterocycles. The molecule has 0 bridgehead atoms. The van der Waals surface area contributed by atoms with Crippen LogP contribution in [0.15, 0.2) is 59.5 Å². The van der Waals surface area contributed by atoms with E-state index in [0.29, 0.717) is 28.0 Å². The van der Waals surface area contributed by atoms with E-state index >= 15 is 0 Å².